The molecule has 136 valence electrons. The number of hydrogen-bond acceptors (Lipinski definition) is 6. The van der Waals surface area contributed by atoms with Crippen molar-refractivity contribution >= 4 is 22.7 Å². The first kappa shape index (κ1) is 18.8. The largest absolute Gasteiger partial charge is 0.490 e. The van der Waals surface area contributed by atoms with Crippen LogP contribution in [0.2, 0.25) is 0 Å². The molecule has 1 aliphatic rings. The highest BCUT2D eigenvalue weighted by Crippen LogP contribution is 2.41. The first-order chi connectivity index (χ1) is 12.0. The summed E-state index contributed by atoms with van der Waals surface area (Å²) in [5.74, 6) is 0.257. The summed E-state index contributed by atoms with van der Waals surface area (Å²) in [5.41, 5.74) is 9.06. The molecule has 7 nitrogen and oxygen atoms in total. The lowest BCUT2D eigenvalue weighted by molar-refractivity contribution is -0.385. The number of hydrogen-bond donors (Lipinski definition) is 1. The standard InChI is InChI=1S/C18H26N4O3/c1-5-12(6-2)21-8-7-15(20-3)14(11-19)13-9-17(22(23)24)18(25-4)10-16(13)21/h9-12H,5-8,19H2,1-4H3. The molecule has 1 aliphatic heterocycles. The number of methoxy groups -OCH3 is 1. The lowest BCUT2D eigenvalue weighted by Crippen LogP contribution is -2.35. The molecule has 0 aliphatic carbocycles. The quantitative estimate of drug-likeness (QED) is 0.651. The maximum atomic E-state index is 11.5. The minimum absolute atomic E-state index is 0.0672. The van der Waals surface area contributed by atoms with Crippen LogP contribution in [-0.2, 0) is 0 Å². The molecule has 0 unspecified atom stereocenters. The van der Waals surface area contributed by atoms with Crippen molar-refractivity contribution in [1.82, 2.24) is 0 Å². The van der Waals surface area contributed by atoms with Gasteiger partial charge in [-0.05, 0) is 12.8 Å². The van der Waals surface area contributed by atoms with Crippen molar-refractivity contribution in [1.29, 1.82) is 0 Å². The second-order valence-corrected chi connectivity index (χ2v) is 5.96. The summed E-state index contributed by atoms with van der Waals surface area (Å²) in [6.07, 6.45) is 4.19. The van der Waals surface area contributed by atoms with Crippen LogP contribution in [0.25, 0.3) is 5.57 Å². The topological polar surface area (TPSA) is 94.0 Å². The van der Waals surface area contributed by atoms with Gasteiger partial charge in [0.2, 0.25) is 0 Å². The van der Waals surface area contributed by atoms with Crippen LogP contribution in [0.1, 0.15) is 38.7 Å². The second kappa shape index (κ2) is 8.00. The number of fused-ring (bicyclic) bond motifs is 1. The molecule has 0 saturated carbocycles. The van der Waals surface area contributed by atoms with E-state index in [0.717, 1.165) is 48.3 Å². The minimum Gasteiger partial charge on any atom is -0.490 e. The lowest BCUT2D eigenvalue weighted by Gasteiger charge is -2.32. The van der Waals surface area contributed by atoms with Gasteiger partial charge in [0.15, 0.2) is 5.75 Å². The van der Waals surface area contributed by atoms with E-state index in [4.69, 9.17) is 10.5 Å². The lowest BCUT2D eigenvalue weighted by atomic mass is 9.98. The van der Waals surface area contributed by atoms with E-state index in [-0.39, 0.29) is 11.4 Å². The van der Waals surface area contributed by atoms with Gasteiger partial charge < -0.3 is 15.4 Å². The van der Waals surface area contributed by atoms with E-state index in [9.17, 15) is 10.1 Å². The molecule has 0 fully saturated rings. The van der Waals surface area contributed by atoms with Gasteiger partial charge in [0, 0.05) is 66.9 Å². The summed E-state index contributed by atoms with van der Waals surface area (Å²) < 4.78 is 5.28. The fraction of sp³-hybridized carbons (Fsp3) is 0.500. The summed E-state index contributed by atoms with van der Waals surface area (Å²) in [6.45, 7) is 5.08. The zero-order valence-corrected chi connectivity index (χ0v) is 15.3. The number of benzene rings is 1. The van der Waals surface area contributed by atoms with Crippen molar-refractivity contribution in [3.8, 4) is 5.75 Å². The maximum Gasteiger partial charge on any atom is 0.311 e. The molecule has 25 heavy (non-hydrogen) atoms. The number of ether oxygens (including phenoxy) is 1. The number of rotatable bonds is 5. The van der Waals surface area contributed by atoms with Crippen LogP contribution in [-0.4, -0.2) is 37.4 Å². The van der Waals surface area contributed by atoms with Crippen molar-refractivity contribution < 1.29 is 9.66 Å². The number of aliphatic imine (C=N–C) groups is 1. The Morgan fingerprint density at radius 1 is 1.44 bits per heavy atom. The fourth-order valence-electron chi connectivity index (χ4n) is 3.48. The van der Waals surface area contributed by atoms with Gasteiger partial charge in [-0.3, -0.25) is 15.1 Å². The van der Waals surface area contributed by atoms with Crippen LogP contribution in [0.4, 0.5) is 11.4 Å². The van der Waals surface area contributed by atoms with E-state index in [1.807, 2.05) is 0 Å². The SMILES string of the molecule is CCC(CC)N1CCC(=NC)C(=CN)c2cc([N+](=O)[O-])c(OC)cc21. The van der Waals surface area contributed by atoms with Crippen LogP contribution < -0.4 is 15.4 Å². The van der Waals surface area contributed by atoms with Gasteiger partial charge in [0.05, 0.1) is 12.0 Å². The second-order valence-electron chi connectivity index (χ2n) is 5.96. The van der Waals surface area contributed by atoms with Crippen LogP contribution >= 0.6 is 0 Å². The smallest absolute Gasteiger partial charge is 0.311 e. The van der Waals surface area contributed by atoms with Gasteiger partial charge in [-0.25, -0.2) is 0 Å². The van der Waals surface area contributed by atoms with E-state index in [1.54, 1.807) is 19.2 Å². The van der Waals surface area contributed by atoms with Crippen LogP contribution in [0.15, 0.2) is 23.3 Å². The van der Waals surface area contributed by atoms with E-state index in [0.29, 0.717) is 6.04 Å². The number of nitrogens with zero attached hydrogens (tertiary/aromatic N) is 3. The first-order valence-corrected chi connectivity index (χ1v) is 8.53. The monoisotopic (exact) mass is 346 g/mol. The van der Waals surface area contributed by atoms with Crippen LogP contribution in [0, 0.1) is 10.1 Å². The molecule has 0 radical (unpaired) electrons. The highest BCUT2D eigenvalue weighted by Gasteiger charge is 2.30. The Morgan fingerprint density at radius 2 is 2.12 bits per heavy atom. The van der Waals surface area contributed by atoms with Gasteiger partial charge in [-0.2, -0.15) is 0 Å². The Morgan fingerprint density at radius 3 is 2.60 bits per heavy atom. The Hall–Kier alpha value is -2.57. The zero-order chi connectivity index (χ0) is 18.6. The number of nitrogens with two attached hydrogens (primary N) is 1. The molecular formula is C18H26N4O3. The molecule has 0 amide bonds. The number of nitro benzene ring substituents is 1. The molecule has 2 N–H and O–H groups in total. The fourth-order valence-corrected chi connectivity index (χ4v) is 3.48. The predicted octanol–water partition coefficient (Wildman–Crippen LogP) is 3.37. The molecule has 1 heterocycles. The first-order valence-electron chi connectivity index (χ1n) is 8.53. The van der Waals surface area contributed by atoms with Gasteiger partial charge in [0.1, 0.15) is 0 Å². The molecular weight excluding hydrogens is 320 g/mol. The summed E-state index contributed by atoms with van der Waals surface area (Å²) in [4.78, 5) is 17.7. The zero-order valence-electron chi connectivity index (χ0n) is 15.3. The van der Waals surface area contributed by atoms with Crippen molar-refractivity contribution in [2.75, 3.05) is 25.6 Å². The van der Waals surface area contributed by atoms with Crippen LogP contribution in [0.5, 0.6) is 5.75 Å². The molecule has 1 aromatic rings. The summed E-state index contributed by atoms with van der Waals surface area (Å²) in [6, 6.07) is 3.65. The van der Waals surface area contributed by atoms with Crippen molar-refractivity contribution in [2.24, 2.45) is 10.7 Å². The molecule has 1 aromatic carbocycles. The maximum absolute atomic E-state index is 11.5. The summed E-state index contributed by atoms with van der Waals surface area (Å²) >= 11 is 0. The third kappa shape index (κ3) is 3.45. The molecule has 0 bridgehead atoms. The molecule has 0 spiro atoms. The van der Waals surface area contributed by atoms with Crippen molar-refractivity contribution in [3.63, 3.8) is 0 Å². The summed E-state index contributed by atoms with van der Waals surface area (Å²) in [7, 11) is 3.18. The highest BCUT2D eigenvalue weighted by atomic mass is 16.6. The Bertz CT molecular complexity index is 709. The van der Waals surface area contributed by atoms with Crippen molar-refractivity contribution in [3.05, 3.63) is 34.0 Å². The van der Waals surface area contributed by atoms with E-state index in [1.165, 1.54) is 13.3 Å². The van der Waals surface area contributed by atoms with Crippen molar-refractivity contribution in [2.45, 2.75) is 39.2 Å². The Labute approximate surface area is 148 Å². The average Bonchev–Trinajstić information content (AvgIpc) is 2.77. The molecule has 7 heteroatoms. The minimum atomic E-state index is -0.428. The average molecular weight is 346 g/mol. The van der Waals surface area contributed by atoms with E-state index >= 15 is 0 Å². The number of allylic oxidation sites excluding steroid dienone is 1. The molecule has 0 atom stereocenters. The van der Waals surface area contributed by atoms with Gasteiger partial charge in [-0.1, -0.05) is 13.8 Å². The third-order valence-electron chi connectivity index (χ3n) is 4.81. The van der Waals surface area contributed by atoms with Gasteiger partial charge in [0.25, 0.3) is 0 Å². The Kier molecular flexibility index (Phi) is 6.01. The molecule has 2 rings (SSSR count). The normalized spacial score (nSPS) is 17.7. The van der Waals surface area contributed by atoms with Crippen LogP contribution in [0.3, 0.4) is 0 Å². The molecule has 0 saturated heterocycles. The number of nitro groups is 1. The van der Waals surface area contributed by atoms with E-state index in [2.05, 4.69) is 23.7 Å². The Balaban J connectivity index is 2.78. The summed E-state index contributed by atoms with van der Waals surface area (Å²) in [5, 5.41) is 11.5. The molecule has 0 aromatic heterocycles. The van der Waals surface area contributed by atoms with Gasteiger partial charge >= 0.3 is 5.69 Å². The highest BCUT2D eigenvalue weighted by molar-refractivity contribution is 6.26. The van der Waals surface area contributed by atoms with Gasteiger partial charge in [-0.15, -0.1) is 0 Å². The van der Waals surface area contributed by atoms with E-state index < -0.39 is 4.92 Å². The predicted molar refractivity (Wildman–Crippen MR) is 102 cm³/mol. The number of anilines is 1. The third-order valence-corrected chi connectivity index (χ3v) is 4.81.